The number of anilines is 1. The molecule has 0 saturated heterocycles. The number of aromatic nitrogens is 2. The molecular formula is C17H17N3OS. The van der Waals surface area contributed by atoms with Gasteiger partial charge < -0.3 is 10.0 Å². The summed E-state index contributed by atoms with van der Waals surface area (Å²) in [4.78, 5) is 12.9. The van der Waals surface area contributed by atoms with E-state index in [1.165, 1.54) is 12.8 Å². The molecule has 1 aliphatic carbocycles. The first kappa shape index (κ1) is 13.7. The Morgan fingerprint density at radius 2 is 2.00 bits per heavy atom. The van der Waals surface area contributed by atoms with Crippen LogP contribution in [0.3, 0.4) is 0 Å². The first-order chi connectivity index (χ1) is 10.9. The molecule has 1 fully saturated rings. The van der Waals surface area contributed by atoms with Gasteiger partial charge in [-0.3, -0.25) is 0 Å². The van der Waals surface area contributed by atoms with E-state index < -0.39 is 0 Å². The summed E-state index contributed by atoms with van der Waals surface area (Å²) in [5.41, 5.74) is 0.958. The number of aliphatic hydroxyl groups excluding tert-OH is 1. The maximum atomic E-state index is 9.42. The third-order valence-corrected chi connectivity index (χ3v) is 4.79. The zero-order valence-corrected chi connectivity index (χ0v) is 13.0. The van der Waals surface area contributed by atoms with Crippen LogP contribution in [0, 0.1) is 0 Å². The molecule has 3 aromatic rings. The Kier molecular flexibility index (Phi) is 3.52. The molecule has 0 amide bonds. The molecule has 4 nitrogen and oxygen atoms in total. The van der Waals surface area contributed by atoms with Crippen molar-refractivity contribution in [3.8, 4) is 10.7 Å². The lowest BCUT2D eigenvalue weighted by molar-refractivity contribution is 0.301. The SMILES string of the molecule is OCCN(c1nc(-c2cccs2)nc2ccccc12)C1CC1. The van der Waals surface area contributed by atoms with Crippen molar-refractivity contribution < 1.29 is 5.11 Å². The predicted molar refractivity (Wildman–Crippen MR) is 90.3 cm³/mol. The van der Waals surface area contributed by atoms with E-state index in [0.717, 1.165) is 27.4 Å². The van der Waals surface area contributed by atoms with Gasteiger partial charge >= 0.3 is 0 Å². The minimum Gasteiger partial charge on any atom is -0.395 e. The Balaban J connectivity index is 1.90. The molecule has 1 saturated carbocycles. The molecule has 0 radical (unpaired) electrons. The summed E-state index contributed by atoms with van der Waals surface area (Å²) < 4.78 is 0. The number of fused-ring (bicyclic) bond motifs is 1. The molecule has 112 valence electrons. The molecule has 0 spiro atoms. The van der Waals surface area contributed by atoms with Crippen LogP contribution in [0.15, 0.2) is 41.8 Å². The topological polar surface area (TPSA) is 49.2 Å². The van der Waals surface area contributed by atoms with Crippen LogP contribution in [0.1, 0.15) is 12.8 Å². The Morgan fingerprint density at radius 3 is 2.73 bits per heavy atom. The fraction of sp³-hybridized carbons (Fsp3) is 0.294. The summed E-state index contributed by atoms with van der Waals surface area (Å²) in [5.74, 6) is 1.72. The highest BCUT2D eigenvalue weighted by Crippen LogP contribution is 2.35. The van der Waals surface area contributed by atoms with Gasteiger partial charge in [-0.05, 0) is 36.4 Å². The first-order valence-electron chi connectivity index (χ1n) is 7.55. The van der Waals surface area contributed by atoms with Crippen LogP contribution in [-0.2, 0) is 0 Å². The van der Waals surface area contributed by atoms with Crippen LogP contribution >= 0.6 is 11.3 Å². The van der Waals surface area contributed by atoms with Gasteiger partial charge in [-0.15, -0.1) is 11.3 Å². The van der Waals surface area contributed by atoms with Crippen molar-refractivity contribution in [3.63, 3.8) is 0 Å². The molecule has 0 aliphatic heterocycles. The molecule has 5 heteroatoms. The van der Waals surface area contributed by atoms with Crippen molar-refractivity contribution >= 4 is 28.1 Å². The second-order valence-corrected chi connectivity index (χ2v) is 6.46. The highest BCUT2D eigenvalue weighted by atomic mass is 32.1. The molecule has 1 aliphatic rings. The van der Waals surface area contributed by atoms with E-state index >= 15 is 0 Å². The van der Waals surface area contributed by atoms with Crippen LogP contribution in [0.4, 0.5) is 5.82 Å². The van der Waals surface area contributed by atoms with Gasteiger partial charge in [0.1, 0.15) is 5.82 Å². The van der Waals surface area contributed by atoms with E-state index in [1.54, 1.807) is 11.3 Å². The minimum absolute atomic E-state index is 0.142. The van der Waals surface area contributed by atoms with Crippen molar-refractivity contribution in [1.29, 1.82) is 0 Å². The van der Waals surface area contributed by atoms with Gasteiger partial charge in [0.2, 0.25) is 0 Å². The lowest BCUT2D eigenvalue weighted by Crippen LogP contribution is -2.30. The van der Waals surface area contributed by atoms with Crippen molar-refractivity contribution in [2.45, 2.75) is 18.9 Å². The molecule has 4 rings (SSSR count). The number of para-hydroxylation sites is 1. The summed E-state index contributed by atoms with van der Waals surface area (Å²) >= 11 is 1.65. The summed E-state index contributed by atoms with van der Waals surface area (Å²) in [6.45, 7) is 0.763. The Morgan fingerprint density at radius 1 is 1.14 bits per heavy atom. The average molecular weight is 311 g/mol. The van der Waals surface area contributed by atoms with Gasteiger partial charge in [-0.2, -0.15) is 0 Å². The second-order valence-electron chi connectivity index (χ2n) is 5.51. The highest BCUT2D eigenvalue weighted by molar-refractivity contribution is 7.13. The number of benzene rings is 1. The fourth-order valence-corrected chi connectivity index (χ4v) is 3.41. The molecule has 0 atom stereocenters. The van der Waals surface area contributed by atoms with E-state index in [1.807, 2.05) is 35.7 Å². The molecule has 0 bridgehead atoms. The molecule has 1 N–H and O–H groups in total. The molecule has 22 heavy (non-hydrogen) atoms. The maximum absolute atomic E-state index is 9.42. The standard InChI is InChI=1S/C17H17N3OS/c21-10-9-20(12-7-8-12)17-13-4-1-2-5-14(13)18-16(19-17)15-6-3-11-22-15/h1-6,11-12,21H,7-10H2. The van der Waals surface area contributed by atoms with E-state index in [9.17, 15) is 5.11 Å². The number of rotatable bonds is 5. The van der Waals surface area contributed by atoms with Gasteiger partial charge in [-0.1, -0.05) is 18.2 Å². The van der Waals surface area contributed by atoms with E-state index in [0.29, 0.717) is 12.6 Å². The van der Waals surface area contributed by atoms with Crippen LogP contribution < -0.4 is 4.90 Å². The number of nitrogens with zero attached hydrogens (tertiary/aromatic N) is 3. The van der Waals surface area contributed by atoms with E-state index in [2.05, 4.69) is 11.0 Å². The number of thiophene rings is 1. The summed E-state index contributed by atoms with van der Waals surface area (Å²) in [6, 6.07) is 12.7. The minimum atomic E-state index is 0.142. The summed E-state index contributed by atoms with van der Waals surface area (Å²) in [5, 5.41) is 12.5. The summed E-state index contributed by atoms with van der Waals surface area (Å²) in [7, 11) is 0. The fourth-order valence-electron chi connectivity index (χ4n) is 2.75. The predicted octanol–water partition coefficient (Wildman–Crippen LogP) is 3.32. The Hall–Kier alpha value is -1.98. The normalized spacial score (nSPS) is 14.4. The first-order valence-corrected chi connectivity index (χ1v) is 8.43. The molecule has 2 aromatic heterocycles. The van der Waals surface area contributed by atoms with Crippen molar-refractivity contribution in [3.05, 3.63) is 41.8 Å². The van der Waals surface area contributed by atoms with Gasteiger partial charge in [0.25, 0.3) is 0 Å². The van der Waals surface area contributed by atoms with Crippen LogP contribution in [-0.4, -0.2) is 34.3 Å². The molecule has 0 unspecified atom stereocenters. The van der Waals surface area contributed by atoms with Crippen molar-refractivity contribution in [2.24, 2.45) is 0 Å². The maximum Gasteiger partial charge on any atom is 0.172 e. The molecular weight excluding hydrogens is 294 g/mol. The lowest BCUT2D eigenvalue weighted by atomic mass is 10.2. The zero-order valence-electron chi connectivity index (χ0n) is 12.1. The molecule has 1 aromatic carbocycles. The second kappa shape index (κ2) is 5.66. The quantitative estimate of drug-likeness (QED) is 0.785. The highest BCUT2D eigenvalue weighted by Gasteiger charge is 2.31. The van der Waals surface area contributed by atoms with Crippen LogP contribution in [0.2, 0.25) is 0 Å². The van der Waals surface area contributed by atoms with Gasteiger partial charge in [-0.25, -0.2) is 9.97 Å². The smallest absolute Gasteiger partial charge is 0.172 e. The van der Waals surface area contributed by atoms with E-state index in [4.69, 9.17) is 9.97 Å². The van der Waals surface area contributed by atoms with Crippen molar-refractivity contribution in [1.82, 2.24) is 9.97 Å². The van der Waals surface area contributed by atoms with Gasteiger partial charge in [0, 0.05) is 18.0 Å². The van der Waals surface area contributed by atoms with E-state index in [-0.39, 0.29) is 6.61 Å². The Labute approximate surface area is 133 Å². The van der Waals surface area contributed by atoms with Crippen LogP contribution in [0.5, 0.6) is 0 Å². The van der Waals surface area contributed by atoms with Gasteiger partial charge in [0.05, 0.1) is 17.0 Å². The summed E-state index contributed by atoms with van der Waals surface area (Å²) in [6.07, 6.45) is 2.35. The number of aliphatic hydroxyl groups is 1. The Bertz CT molecular complexity index is 784. The van der Waals surface area contributed by atoms with Gasteiger partial charge in [0.15, 0.2) is 5.82 Å². The van der Waals surface area contributed by atoms with Crippen LogP contribution in [0.25, 0.3) is 21.6 Å². The third kappa shape index (κ3) is 2.46. The number of hydrogen-bond donors (Lipinski definition) is 1. The zero-order chi connectivity index (χ0) is 14.9. The third-order valence-electron chi connectivity index (χ3n) is 3.93. The monoisotopic (exact) mass is 311 g/mol. The largest absolute Gasteiger partial charge is 0.395 e. The van der Waals surface area contributed by atoms with Crippen molar-refractivity contribution in [2.75, 3.05) is 18.1 Å². The lowest BCUT2D eigenvalue weighted by Gasteiger charge is -2.24. The average Bonchev–Trinajstić information content (AvgIpc) is 3.24. The number of hydrogen-bond acceptors (Lipinski definition) is 5. The molecule has 2 heterocycles.